The van der Waals surface area contributed by atoms with Gasteiger partial charge in [-0.3, -0.25) is 9.59 Å². The largest absolute Gasteiger partial charge is 0.508 e. The molecule has 0 saturated carbocycles. The van der Waals surface area contributed by atoms with Crippen LogP contribution in [0.5, 0.6) is 5.75 Å². The molecule has 0 amide bonds. The van der Waals surface area contributed by atoms with Crippen LogP contribution < -0.4 is 9.64 Å². The van der Waals surface area contributed by atoms with Crippen molar-refractivity contribution in [2.75, 3.05) is 12.0 Å². The molecule has 0 saturated heterocycles. The standard InChI is InChI=1S/C25H21NO5/c1-31-17-8-6-16(7-9-17)26-13-15-5-3-2-4-14(15)12-18-23(26)25(30)22-20(28)11-10-19(27)21(22)24(18)29/h2-11,19,21,27-28H,12-13H2,1H3. The molecule has 2 aromatic carbocycles. The molecule has 2 atom stereocenters. The molecule has 31 heavy (non-hydrogen) atoms. The molecule has 0 aromatic heterocycles. The fourth-order valence-electron chi connectivity index (χ4n) is 4.60. The molecule has 1 aliphatic heterocycles. The minimum Gasteiger partial charge on any atom is -0.508 e. The number of carbonyl (C=O) groups is 2. The maximum absolute atomic E-state index is 13.7. The van der Waals surface area contributed by atoms with Crippen LogP contribution in [0.4, 0.5) is 5.69 Å². The number of ketones is 2. The summed E-state index contributed by atoms with van der Waals surface area (Å²) in [6, 6.07) is 15.1. The number of methoxy groups -OCH3 is 1. The van der Waals surface area contributed by atoms with E-state index in [-0.39, 0.29) is 22.8 Å². The van der Waals surface area contributed by atoms with Crippen LogP contribution in [0, 0.1) is 5.92 Å². The number of aliphatic hydroxyl groups excluding tert-OH is 2. The van der Waals surface area contributed by atoms with Crippen molar-refractivity contribution in [2.24, 2.45) is 5.92 Å². The van der Waals surface area contributed by atoms with Crippen molar-refractivity contribution in [3.05, 3.63) is 94.4 Å². The van der Waals surface area contributed by atoms with Gasteiger partial charge in [0.1, 0.15) is 11.5 Å². The smallest absolute Gasteiger partial charge is 0.210 e. The average Bonchev–Trinajstić information content (AvgIpc) is 2.96. The molecule has 6 nitrogen and oxygen atoms in total. The summed E-state index contributed by atoms with van der Waals surface area (Å²) in [5.74, 6) is -1.43. The molecule has 0 radical (unpaired) electrons. The van der Waals surface area contributed by atoms with Crippen LogP contribution >= 0.6 is 0 Å². The Morgan fingerprint density at radius 3 is 2.45 bits per heavy atom. The van der Waals surface area contributed by atoms with Crippen molar-refractivity contribution >= 4 is 17.3 Å². The zero-order valence-corrected chi connectivity index (χ0v) is 16.9. The van der Waals surface area contributed by atoms with Crippen molar-refractivity contribution in [3.63, 3.8) is 0 Å². The second kappa shape index (κ2) is 7.25. The van der Waals surface area contributed by atoms with Crippen molar-refractivity contribution < 1.29 is 24.5 Å². The first-order valence-corrected chi connectivity index (χ1v) is 10.1. The van der Waals surface area contributed by atoms with Crippen molar-refractivity contribution in [3.8, 4) is 5.75 Å². The lowest BCUT2D eigenvalue weighted by Crippen LogP contribution is -2.44. The molecule has 0 bridgehead atoms. The third-order valence-corrected chi connectivity index (χ3v) is 6.17. The first-order chi connectivity index (χ1) is 15.0. The number of rotatable bonds is 2. The third-order valence-electron chi connectivity index (χ3n) is 6.17. The van der Waals surface area contributed by atoms with Gasteiger partial charge in [0.25, 0.3) is 0 Å². The quantitative estimate of drug-likeness (QED) is 0.784. The third kappa shape index (κ3) is 2.99. The van der Waals surface area contributed by atoms with Crippen molar-refractivity contribution in [1.82, 2.24) is 0 Å². The summed E-state index contributed by atoms with van der Waals surface area (Å²) in [7, 11) is 1.58. The molecule has 0 fully saturated rings. The molecule has 5 rings (SSSR count). The van der Waals surface area contributed by atoms with E-state index < -0.39 is 17.8 Å². The Morgan fingerprint density at radius 1 is 1.03 bits per heavy atom. The van der Waals surface area contributed by atoms with Crippen molar-refractivity contribution in [1.29, 1.82) is 0 Å². The Morgan fingerprint density at radius 2 is 1.74 bits per heavy atom. The summed E-state index contributed by atoms with van der Waals surface area (Å²) >= 11 is 0. The zero-order chi connectivity index (χ0) is 21.7. The monoisotopic (exact) mass is 415 g/mol. The van der Waals surface area contributed by atoms with Gasteiger partial charge in [-0.05, 0) is 41.5 Å². The van der Waals surface area contributed by atoms with Crippen LogP contribution in [0.25, 0.3) is 0 Å². The van der Waals surface area contributed by atoms with Crippen LogP contribution in [0.1, 0.15) is 11.1 Å². The number of anilines is 1. The first-order valence-electron chi connectivity index (χ1n) is 10.1. The van der Waals surface area contributed by atoms with E-state index in [4.69, 9.17) is 4.74 Å². The molecular formula is C25H21NO5. The highest BCUT2D eigenvalue weighted by Gasteiger charge is 2.47. The lowest BCUT2D eigenvalue weighted by Gasteiger charge is -2.35. The Kier molecular flexibility index (Phi) is 4.52. The molecule has 2 unspecified atom stereocenters. The maximum Gasteiger partial charge on any atom is 0.210 e. The number of carbonyl (C=O) groups excluding carboxylic acids is 2. The van der Waals surface area contributed by atoms with Crippen LogP contribution in [0.15, 0.2) is 83.3 Å². The maximum atomic E-state index is 13.7. The van der Waals surface area contributed by atoms with E-state index in [1.54, 1.807) is 19.2 Å². The summed E-state index contributed by atoms with van der Waals surface area (Å²) < 4.78 is 5.25. The van der Waals surface area contributed by atoms with Crippen LogP contribution in [-0.2, 0) is 22.6 Å². The number of aliphatic hydroxyl groups is 2. The Hall–Kier alpha value is -3.64. The highest BCUT2D eigenvalue weighted by Crippen LogP contribution is 2.41. The zero-order valence-electron chi connectivity index (χ0n) is 16.9. The van der Waals surface area contributed by atoms with E-state index in [0.29, 0.717) is 24.3 Å². The summed E-state index contributed by atoms with van der Waals surface area (Å²) in [6.07, 6.45) is 1.79. The highest BCUT2D eigenvalue weighted by atomic mass is 16.5. The van der Waals surface area contributed by atoms with E-state index >= 15 is 0 Å². The number of benzene rings is 2. The lowest BCUT2D eigenvalue weighted by atomic mass is 9.73. The predicted octanol–water partition coefficient (Wildman–Crippen LogP) is 3.02. The number of fused-ring (bicyclic) bond motifs is 2. The fraction of sp³-hybridized carbons (Fsp3) is 0.200. The molecule has 2 N–H and O–H groups in total. The van der Waals surface area contributed by atoms with Gasteiger partial charge in [-0.15, -0.1) is 0 Å². The number of hydrogen-bond acceptors (Lipinski definition) is 6. The average molecular weight is 415 g/mol. The van der Waals surface area contributed by atoms with Gasteiger partial charge in [0.2, 0.25) is 5.78 Å². The van der Waals surface area contributed by atoms with Gasteiger partial charge in [-0.2, -0.15) is 0 Å². The van der Waals surface area contributed by atoms with E-state index in [9.17, 15) is 19.8 Å². The van der Waals surface area contributed by atoms with E-state index in [1.165, 1.54) is 12.2 Å². The Balaban J connectivity index is 1.73. The molecule has 1 heterocycles. The SMILES string of the molecule is COc1ccc(N2Cc3ccccc3CC3=C2C(=O)C2=C(O)C=CC(O)C2C3=O)cc1. The van der Waals surface area contributed by atoms with Gasteiger partial charge in [-0.1, -0.05) is 30.3 Å². The number of nitrogens with zero attached hydrogens (tertiary/aromatic N) is 1. The number of allylic oxidation sites excluding steroid dienone is 3. The van der Waals surface area contributed by atoms with Crippen molar-refractivity contribution in [2.45, 2.75) is 19.1 Å². The molecule has 3 aliphatic rings. The van der Waals surface area contributed by atoms with Crippen LogP contribution in [0.3, 0.4) is 0 Å². The van der Waals surface area contributed by atoms with Gasteiger partial charge in [0, 0.05) is 24.2 Å². The van der Waals surface area contributed by atoms with Gasteiger partial charge in [0.15, 0.2) is 5.78 Å². The topological polar surface area (TPSA) is 87.1 Å². The highest BCUT2D eigenvalue weighted by molar-refractivity contribution is 6.24. The predicted molar refractivity (Wildman–Crippen MR) is 115 cm³/mol. The first kappa shape index (κ1) is 19.3. The molecule has 0 spiro atoms. The van der Waals surface area contributed by atoms with E-state index in [0.717, 1.165) is 16.8 Å². The normalized spacial score (nSPS) is 22.7. The number of Topliss-reactive ketones (excluding diaryl/α,β-unsaturated/α-hetero) is 2. The number of hydrogen-bond donors (Lipinski definition) is 2. The molecule has 2 aliphatic carbocycles. The summed E-state index contributed by atoms with van der Waals surface area (Å²) in [5.41, 5.74) is 3.28. The van der Waals surface area contributed by atoms with E-state index in [2.05, 4.69) is 0 Å². The van der Waals surface area contributed by atoms with Gasteiger partial charge in [-0.25, -0.2) is 0 Å². The van der Waals surface area contributed by atoms with Crippen LogP contribution in [-0.4, -0.2) is 35.0 Å². The Bertz CT molecular complexity index is 1190. The lowest BCUT2D eigenvalue weighted by molar-refractivity contribution is -0.125. The van der Waals surface area contributed by atoms with E-state index in [1.807, 2.05) is 41.3 Å². The summed E-state index contributed by atoms with van der Waals surface area (Å²) in [4.78, 5) is 29.0. The summed E-state index contributed by atoms with van der Waals surface area (Å²) in [5, 5.41) is 20.9. The van der Waals surface area contributed by atoms with Gasteiger partial charge >= 0.3 is 0 Å². The van der Waals surface area contributed by atoms with Gasteiger partial charge in [0.05, 0.1) is 30.4 Å². The number of ether oxygens (including phenoxy) is 1. The second-order valence-corrected chi connectivity index (χ2v) is 7.88. The van der Waals surface area contributed by atoms with Gasteiger partial charge < -0.3 is 19.8 Å². The fourth-order valence-corrected chi connectivity index (χ4v) is 4.60. The minimum atomic E-state index is -1.15. The molecular weight excluding hydrogens is 394 g/mol. The summed E-state index contributed by atoms with van der Waals surface area (Å²) in [6.45, 7) is 0.400. The minimum absolute atomic E-state index is 0.0387. The molecule has 156 valence electrons. The molecule has 2 aromatic rings. The second-order valence-electron chi connectivity index (χ2n) is 7.88. The molecule has 6 heteroatoms. The Labute approximate surface area is 179 Å². The van der Waals surface area contributed by atoms with Crippen LogP contribution in [0.2, 0.25) is 0 Å².